The van der Waals surface area contributed by atoms with Gasteiger partial charge in [0.1, 0.15) is 11.5 Å². The molecule has 0 fully saturated rings. The zero-order valence-electron chi connectivity index (χ0n) is 11.8. The van der Waals surface area contributed by atoms with Gasteiger partial charge in [-0.3, -0.25) is 0 Å². The molecule has 0 aliphatic carbocycles. The summed E-state index contributed by atoms with van der Waals surface area (Å²) < 4.78 is 10.3. The first kappa shape index (κ1) is 13.3. The Morgan fingerprint density at radius 1 is 0.810 bits per heavy atom. The molecule has 1 aliphatic heterocycles. The number of benzene rings is 2. The third kappa shape index (κ3) is 2.75. The van der Waals surface area contributed by atoms with E-state index in [1.165, 1.54) is 0 Å². The quantitative estimate of drug-likeness (QED) is 0.932. The highest BCUT2D eigenvalue weighted by Gasteiger charge is 2.21. The number of methoxy groups -OCH3 is 2. The molecule has 0 spiro atoms. The molecule has 1 N–H and O–H groups in total. The fraction of sp³-hybridized carbons (Fsp3) is 0.133. The lowest BCUT2D eigenvalue weighted by Crippen LogP contribution is -2.95. The van der Waals surface area contributed by atoms with Gasteiger partial charge >= 0.3 is 0 Å². The predicted octanol–water partition coefficient (Wildman–Crippen LogP) is 1.96. The van der Waals surface area contributed by atoms with Crippen LogP contribution in [0.1, 0.15) is 5.56 Å². The molecule has 2 aromatic carbocycles. The summed E-state index contributed by atoms with van der Waals surface area (Å²) >= 11 is 0. The molecular formula is C15H15N4O2+. The molecule has 0 saturated heterocycles. The Bertz CT molecular complexity index is 678. The van der Waals surface area contributed by atoms with Crippen molar-refractivity contribution in [1.29, 1.82) is 0 Å². The molecule has 0 amide bonds. The second kappa shape index (κ2) is 5.72. The Kier molecular flexibility index (Phi) is 3.61. The van der Waals surface area contributed by atoms with Gasteiger partial charge in [-0.05, 0) is 46.6 Å². The van der Waals surface area contributed by atoms with E-state index in [2.05, 4.69) is 15.4 Å². The van der Waals surface area contributed by atoms with Gasteiger partial charge in [0.25, 0.3) is 0 Å². The summed E-state index contributed by atoms with van der Waals surface area (Å²) in [5.74, 6) is 2.20. The van der Waals surface area contributed by atoms with Crippen LogP contribution >= 0.6 is 0 Å². The minimum Gasteiger partial charge on any atom is -0.497 e. The van der Waals surface area contributed by atoms with Crippen molar-refractivity contribution in [3.63, 3.8) is 0 Å². The minimum absolute atomic E-state index is 0.600. The van der Waals surface area contributed by atoms with Crippen LogP contribution in [-0.4, -0.2) is 20.1 Å². The van der Waals surface area contributed by atoms with Crippen molar-refractivity contribution in [1.82, 2.24) is 0 Å². The van der Waals surface area contributed by atoms with E-state index in [0.717, 1.165) is 22.7 Å². The predicted molar refractivity (Wildman–Crippen MR) is 78.0 cm³/mol. The fourth-order valence-corrected chi connectivity index (χ4v) is 1.96. The maximum absolute atomic E-state index is 5.13. The van der Waals surface area contributed by atoms with Crippen LogP contribution in [0.2, 0.25) is 0 Å². The van der Waals surface area contributed by atoms with Crippen LogP contribution in [0.25, 0.3) is 0 Å². The lowest BCUT2D eigenvalue weighted by Gasteiger charge is -2.02. The Morgan fingerprint density at radius 3 is 1.95 bits per heavy atom. The van der Waals surface area contributed by atoms with E-state index >= 15 is 0 Å². The highest BCUT2D eigenvalue weighted by Crippen LogP contribution is 2.15. The summed E-state index contributed by atoms with van der Waals surface area (Å²) in [6, 6.07) is 15.1. The van der Waals surface area contributed by atoms with Crippen molar-refractivity contribution in [3.05, 3.63) is 54.1 Å². The summed E-state index contributed by atoms with van der Waals surface area (Å²) in [5.41, 5.74) is 1.81. The molecule has 0 radical (unpaired) electrons. The molecule has 0 aromatic heterocycles. The first-order valence-corrected chi connectivity index (χ1v) is 6.46. The minimum atomic E-state index is 0.600. The zero-order chi connectivity index (χ0) is 14.7. The molecule has 1 unspecified atom stereocenters. The second-order valence-corrected chi connectivity index (χ2v) is 4.42. The molecule has 106 valence electrons. The van der Waals surface area contributed by atoms with Gasteiger partial charge in [-0.2, -0.15) is 0 Å². The van der Waals surface area contributed by atoms with Gasteiger partial charge in [0.2, 0.25) is 5.84 Å². The molecule has 2 aromatic rings. The maximum Gasteiger partial charge on any atom is 0.244 e. The third-order valence-corrected chi connectivity index (χ3v) is 3.15. The Balaban J connectivity index is 1.81. The second-order valence-electron chi connectivity index (χ2n) is 4.42. The topological polar surface area (TPSA) is 60.0 Å². The molecule has 1 heterocycles. The first-order chi connectivity index (χ1) is 10.3. The highest BCUT2D eigenvalue weighted by atomic mass is 16.5. The largest absolute Gasteiger partial charge is 0.497 e. The zero-order valence-corrected chi connectivity index (χ0v) is 11.8. The van der Waals surface area contributed by atoms with Crippen LogP contribution in [0.4, 0.5) is 5.69 Å². The van der Waals surface area contributed by atoms with Crippen molar-refractivity contribution >= 4 is 11.5 Å². The number of ether oxygens (including phenoxy) is 2. The number of amidine groups is 1. The van der Waals surface area contributed by atoms with Crippen molar-refractivity contribution < 1.29 is 14.6 Å². The first-order valence-electron chi connectivity index (χ1n) is 6.46. The molecule has 21 heavy (non-hydrogen) atoms. The van der Waals surface area contributed by atoms with Gasteiger partial charge in [-0.15, -0.1) is 0 Å². The highest BCUT2D eigenvalue weighted by molar-refractivity contribution is 5.99. The lowest BCUT2D eigenvalue weighted by molar-refractivity contribution is -0.847. The van der Waals surface area contributed by atoms with Crippen LogP contribution in [0.3, 0.4) is 0 Å². The average molecular weight is 283 g/mol. The molecule has 6 heteroatoms. The smallest absolute Gasteiger partial charge is 0.244 e. The van der Waals surface area contributed by atoms with Crippen molar-refractivity contribution in [2.45, 2.75) is 0 Å². The third-order valence-electron chi connectivity index (χ3n) is 3.15. The Hall–Kier alpha value is -2.73. The average Bonchev–Trinajstić information content (AvgIpc) is 3.05. The van der Waals surface area contributed by atoms with Crippen molar-refractivity contribution in [2.24, 2.45) is 15.4 Å². The standard InChI is InChI=1S/C15H14N4O2/c1-20-13-7-3-11(4-8-13)15-16-18-19(17-15)12-5-9-14(21-2)10-6-12/h3-10H,1-2H3/p+1. The molecule has 0 bridgehead atoms. The molecule has 1 aliphatic rings. The normalized spacial score (nSPS) is 16.7. The fourth-order valence-electron chi connectivity index (χ4n) is 1.96. The number of nitrogens with one attached hydrogen (secondary N) is 1. The van der Waals surface area contributed by atoms with E-state index in [9.17, 15) is 0 Å². The maximum atomic E-state index is 5.13. The van der Waals surface area contributed by atoms with E-state index in [0.29, 0.717) is 11.0 Å². The monoisotopic (exact) mass is 283 g/mol. The van der Waals surface area contributed by atoms with Crippen LogP contribution in [0.5, 0.6) is 11.5 Å². The molecule has 3 rings (SSSR count). The van der Waals surface area contributed by atoms with Crippen molar-refractivity contribution in [2.75, 3.05) is 14.2 Å². The Morgan fingerprint density at radius 2 is 1.38 bits per heavy atom. The van der Waals surface area contributed by atoms with E-state index in [-0.39, 0.29) is 0 Å². The number of quaternary nitrogens is 1. The van der Waals surface area contributed by atoms with Gasteiger partial charge in [0.05, 0.1) is 19.4 Å². The van der Waals surface area contributed by atoms with Crippen LogP contribution in [0.15, 0.2) is 64.0 Å². The van der Waals surface area contributed by atoms with E-state index < -0.39 is 0 Å². The van der Waals surface area contributed by atoms with Gasteiger partial charge in [-0.25, -0.2) is 0 Å². The summed E-state index contributed by atoms with van der Waals surface area (Å²) in [4.78, 5) is 0. The molecule has 1 atom stereocenters. The van der Waals surface area contributed by atoms with Crippen LogP contribution < -0.4 is 14.6 Å². The van der Waals surface area contributed by atoms with E-state index in [4.69, 9.17) is 9.47 Å². The lowest BCUT2D eigenvalue weighted by atomic mass is 10.2. The van der Waals surface area contributed by atoms with Gasteiger partial charge in [0.15, 0.2) is 5.69 Å². The van der Waals surface area contributed by atoms with Crippen LogP contribution in [0, 0.1) is 0 Å². The van der Waals surface area contributed by atoms with Gasteiger partial charge in [-0.1, -0.05) is 5.11 Å². The summed E-state index contributed by atoms with van der Waals surface area (Å²) in [7, 11) is 3.27. The summed E-state index contributed by atoms with van der Waals surface area (Å²) in [6.45, 7) is 0. The molecular weight excluding hydrogens is 268 g/mol. The SMILES string of the molecule is COc1ccc(C2=N[NH+](c3ccc(OC)cc3)N=N2)cc1. The summed E-state index contributed by atoms with van der Waals surface area (Å²) in [5, 5.41) is 13.3. The number of hydrogen-bond acceptors (Lipinski definition) is 5. The Labute approximate surface area is 122 Å². The molecule has 0 saturated carbocycles. The van der Waals surface area contributed by atoms with E-state index in [1.54, 1.807) is 14.2 Å². The van der Waals surface area contributed by atoms with E-state index in [1.807, 2.05) is 48.5 Å². The molecule has 6 nitrogen and oxygen atoms in total. The van der Waals surface area contributed by atoms with Gasteiger partial charge < -0.3 is 9.47 Å². The van der Waals surface area contributed by atoms with Gasteiger partial charge in [0, 0.05) is 17.7 Å². The van der Waals surface area contributed by atoms with Crippen molar-refractivity contribution in [3.8, 4) is 11.5 Å². The number of hydrogen-bond donors (Lipinski definition) is 1. The van der Waals surface area contributed by atoms with Crippen LogP contribution in [-0.2, 0) is 0 Å². The number of rotatable bonds is 4. The summed E-state index contributed by atoms with van der Waals surface area (Å²) in [6.07, 6.45) is 0. The number of nitrogens with zero attached hydrogens (tertiary/aromatic N) is 3.